The van der Waals surface area contributed by atoms with E-state index >= 15 is 0 Å². The molecule has 1 aromatic rings. The van der Waals surface area contributed by atoms with Crippen LogP contribution in [0.25, 0.3) is 0 Å². The first-order valence-electron chi connectivity index (χ1n) is 6.46. The van der Waals surface area contributed by atoms with Gasteiger partial charge in [0.2, 0.25) is 0 Å². The van der Waals surface area contributed by atoms with Crippen molar-refractivity contribution in [2.75, 3.05) is 13.2 Å². The number of esters is 1. The molecule has 1 N–H and O–H groups in total. The van der Waals surface area contributed by atoms with Gasteiger partial charge in [0, 0.05) is 6.54 Å². The monoisotopic (exact) mass is 263 g/mol. The van der Waals surface area contributed by atoms with Crippen LogP contribution >= 0.6 is 0 Å². The van der Waals surface area contributed by atoms with Gasteiger partial charge in [-0.15, -0.1) is 6.58 Å². The van der Waals surface area contributed by atoms with Crippen molar-refractivity contribution < 1.29 is 13.9 Å². The van der Waals surface area contributed by atoms with Crippen molar-refractivity contribution in [3.63, 3.8) is 0 Å². The molecule has 0 fully saturated rings. The van der Waals surface area contributed by atoms with Crippen LogP contribution in [0.1, 0.15) is 24.5 Å². The average molecular weight is 263 g/mol. The highest BCUT2D eigenvalue weighted by molar-refractivity contribution is 5.84. The number of hydrogen-bond donors (Lipinski definition) is 1. The molecule has 0 aromatic heterocycles. The Morgan fingerprint density at radius 3 is 3.11 bits per heavy atom. The Kier molecular flexibility index (Phi) is 4.00. The molecule has 1 aliphatic carbocycles. The van der Waals surface area contributed by atoms with Gasteiger partial charge in [-0.2, -0.15) is 0 Å². The van der Waals surface area contributed by atoms with Crippen LogP contribution in [0, 0.1) is 5.82 Å². The second-order valence-corrected chi connectivity index (χ2v) is 4.60. The fraction of sp³-hybridized carbons (Fsp3) is 0.400. The average Bonchev–Trinajstić information content (AvgIpc) is 2.76. The number of halogens is 1. The molecule has 4 heteroatoms. The highest BCUT2D eigenvalue weighted by Gasteiger charge is 2.46. The molecule has 19 heavy (non-hydrogen) atoms. The Bertz CT molecular complexity index is 501. The quantitative estimate of drug-likeness (QED) is 0.654. The summed E-state index contributed by atoms with van der Waals surface area (Å²) in [4.78, 5) is 12.3. The van der Waals surface area contributed by atoms with Crippen molar-refractivity contribution in [1.82, 2.24) is 5.32 Å². The molecule has 0 amide bonds. The van der Waals surface area contributed by atoms with E-state index in [9.17, 15) is 9.18 Å². The zero-order valence-electron chi connectivity index (χ0n) is 11.0. The summed E-state index contributed by atoms with van der Waals surface area (Å²) in [5.74, 6) is -0.579. The Morgan fingerprint density at radius 2 is 2.42 bits per heavy atom. The second kappa shape index (κ2) is 5.53. The molecule has 2 rings (SSSR count). The third-order valence-electron chi connectivity index (χ3n) is 3.47. The third kappa shape index (κ3) is 2.40. The number of carbonyl (C=O) groups excluding carboxylic acids is 1. The number of carbonyl (C=O) groups is 1. The molecule has 0 saturated heterocycles. The van der Waals surface area contributed by atoms with Gasteiger partial charge in [-0.25, -0.2) is 9.18 Å². The summed E-state index contributed by atoms with van der Waals surface area (Å²) < 4.78 is 18.4. The number of hydrogen-bond acceptors (Lipinski definition) is 3. The van der Waals surface area contributed by atoms with E-state index in [-0.39, 0.29) is 11.8 Å². The van der Waals surface area contributed by atoms with E-state index in [0.29, 0.717) is 26.0 Å². The highest BCUT2D eigenvalue weighted by atomic mass is 19.1. The van der Waals surface area contributed by atoms with Crippen molar-refractivity contribution in [1.29, 1.82) is 0 Å². The molecule has 1 atom stereocenters. The van der Waals surface area contributed by atoms with Gasteiger partial charge < -0.3 is 4.74 Å². The van der Waals surface area contributed by atoms with Crippen molar-refractivity contribution in [2.45, 2.75) is 25.3 Å². The zero-order chi connectivity index (χ0) is 13.9. The normalized spacial score (nSPS) is 20.9. The van der Waals surface area contributed by atoms with Gasteiger partial charge in [0.1, 0.15) is 11.4 Å². The molecule has 0 radical (unpaired) electrons. The SMILES string of the molecule is C=CCNC1(C(=O)OCC)CCc2cc(F)ccc21. The van der Waals surface area contributed by atoms with E-state index in [0.717, 1.165) is 11.1 Å². The number of rotatable bonds is 5. The summed E-state index contributed by atoms with van der Waals surface area (Å²) in [6, 6.07) is 4.55. The van der Waals surface area contributed by atoms with Crippen LogP contribution in [0.15, 0.2) is 30.9 Å². The summed E-state index contributed by atoms with van der Waals surface area (Å²) >= 11 is 0. The number of fused-ring (bicyclic) bond motifs is 1. The summed E-state index contributed by atoms with van der Waals surface area (Å²) in [5.41, 5.74) is 0.812. The molecular weight excluding hydrogens is 245 g/mol. The van der Waals surface area contributed by atoms with E-state index in [1.165, 1.54) is 12.1 Å². The van der Waals surface area contributed by atoms with E-state index in [1.807, 2.05) is 0 Å². The number of aryl methyl sites for hydroxylation is 1. The fourth-order valence-electron chi connectivity index (χ4n) is 2.61. The van der Waals surface area contributed by atoms with E-state index in [4.69, 9.17) is 4.74 Å². The lowest BCUT2D eigenvalue weighted by Gasteiger charge is -2.28. The van der Waals surface area contributed by atoms with Crippen molar-refractivity contribution in [2.24, 2.45) is 0 Å². The summed E-state index contributed by atoms with van der Waals surface area (Å²) in [5, 5.41) is 3.19. The Hall–Kier alpha value is -1.68. The predicted molar refractivity (Wildman–Crippen MR) is 71.2 cm³/mol. The molecule has 0 aliphatic heterocycles. The van der Waals surface area contributed by atoms with Crippen molar-refractivity contribution in [3.8, 4) is 0 Å². The minimum Gasteiger partial charge on any atom is -0.464 e. The minimum absolute atomic E-state index is 0.276. The minimum atomic E-state index is -0.868. The molecule has 102 valence electrons. The Morgan fingerprint density at radius 1 is 1.63 bits per heavy atom. The topological polar surface area (TPSA) is 38.3 Å². The molecule has 3 nitrogen and oxygen atoms in total. The summed E-state index contributed by atoms with van der Waals surface area (Å²) in [6.45, 7) is 6.25. The van der Waals surface area contributed by atoms with Crippen LogP contribution in [0.5, 0.6) is 0 Å². The maximum atomic E-state index is 13.3. The van der Waals surface area contributed by atoms with Crippen LogP contribution in [0.4, 0.5) is 4.39 Å². The lowest BCUT2D eigenvalue weighted by Crippen LogP contribution is -2.48. The highest BCUT2D eigenvalue weighted by Crippen LogP contribution is 2.38. The molecule has 0 spiro atoms. The second-order valence-electron chi connectivity index (χ2n) is 4.60. The van der Waals surface area contributed by atoms with E-state index in [2.05, 4.69) is 11.9 Å². The molecule has 1 aromatic carbocycles. The molecular formula is C15H18FNO2. The van der Waals surface area contributed by atoms with E-state index < -0.39 is 5.54 Å². The largest absolute Gasteiger partial charge is 0.464 e. The summed E-state index contributed by atoms with van der Waals surface area (Å²) in [7, 11) is 0. The predicted octanol–water partition coefficient (Wildman–Crippen LogP) is 2.31. The standard InChI is InChI=1S/C15H18FNO2/c1-3-9-17-15(14(18)19-4-2)8-7-11-10-12(16)5-6-13(11)15/h3,5-6,10,17H,1,4,7-9H2,2H3. The Balaban J connectivity index is 2.41. The molecule has 1 unspecified atom stereocenters. The Labute approximate surface area is 112 Å². The van der Waals surface area contributed by atoms with Crippen molar-refractivity contribution >= 4 is 5.97 Å². The number of nitrogens with one attached hydrogen (secondary N) is 1. The lowest BCUT2D eigenvalue weighted by atomic mass is 9.91. The molecule has 1 aliphatic rings. The maximum absolute atomic E-state index is 13.3. The first-order chi connectivity index (χ1) is 9.14. The molecule has 0 heterocycles. The van der Waals surface area contributed by atoms with Gasteiger partial charge in [-0.1, -0.05) is 12.1 Å². The maximum Gasteiger partial charge on any atom is 0.331 e. The first-order valence-corrected chi connectivity index (χ1v) is 6.46. The van der Waals surface area contributed by atoms with Gasteiger partial charge in [-0.05, 0) is 43.0 Å². The number of ether oxygens (including phenoxy) is 1. The van der Waals surface area contributed by atoms with Gasteiger partial charge in [-0.3, -0.25) is 5.32 Å². The van der Waals surface area contributed by atoms with Crippen LogP contribution in [-0.2, 0) is 21.5 Å². The summed E-state index contributed by atoms with van der Waals surface area (Å²) in [6.07, 6.45) is 2.94. The van der Waals surface area contributed by atoms with Crippen LogP contribution in [-0.4, -0.2) is 19.1 Å². The van der Waals surface area contributed by atoms with Gasteiger partial charge in [0.05, 0.1) is 6.61 Å². The molecule has 0 bridgehead atoms. The van der Waals surface area contributed by atoms with Crippen LogP contribution in [0.2, 0.25) is 0 Å². The smallest absolute Gasteiger partial charge is 0.331 e. The van der Waals surface area contributed by atoms with E-state index in [1.54, 1.807) is 19.1 Å². The fourth-order valence-corrected chi connectivity index (χ4v) is 2.61. The number of benzene rings is 1. The van der Waals surface area contributed by atoms with Crippen LogP contribution < -0.4 is 5.32 Å². The first kappa shape index (κ1) is 13.7. The van der Waals surface area contributed by atoms with Crippen LogP contribution in [0.3, 0.4) is 0 Å². The van der Waals surface area contributed by atoms with Gasteiger partial charge >= 0.3 is 5.97 Å². The van der Waals surface area contributed by atoms with Crippen molar-refractivity contribution in [3.05, 3.63) is 47.8 Å². The zero-order valence-corrected chi connectivity index (χ0v) is 11.0. The lowest BCUT2D eigenvalue weighted by molar-refractivity contribution is -0.151. The van der Waals surface area contributed by atoms with Gasteiger partial charge in [0.15, 0.2) is 0 Å². The molecule has 0 saturated carbocycles. The van der Waals surface area contributed by atoms with Gasteiger partial charge in [0.25, 0.3) is 0 Å². The third-order valence-corrected chi connectivity index (χ3v) is 3.47.